The van der Waals surface area contributed by atoms with Gasteiger partial charge in [0.2, 0.25) is 0 Å². The first-order valence-corrected chi connectivity index (χ1v) is 11.0. The molecule has 3 aromatic rings. The fraction of sp³-hybridized carbons (Fsp3) is 0.214. The Labute approximate surface area is 188 Å². The van der Waals surface area contributed by atoms with Crippen LogP contribution in [-0.4, -0.2) is 23.3 Å². The van der Waals surface area contributed by atoms with Crippen molar-refractivity contribution < 1.29 is 9.59 Å². The van der Waals surface area contributed by atoms with Crippen LogP contribution in [0.1, 0.15) is 33.4 Å². The van der Waals surface area contributed by atoms with Crippen LogP contribution < -0.4 is 4.90 Å². The summed E-state index contributed by atoms with van der Waals surface area (Å²) in [4.78, 5) is 31.0. The van der Waals surface area contributed by atoms with E-state index in [1.165, 1.54) is 16.0 Å². The van der Waals surface area contributed by atoms with Crippen molar-refractivity contribution in [2.24, 2.45) is 0 Å². The first-order chi connectivity index (χ1) is 15.4. The zero-order chi connectivity index (χ0) is 22.4. The number of anilines is 1. The van der Waals surface area contributed by atoms with E-state index < -0.39 is 0 Å². The van der Waals surface area contributed by atoms with Crippen molar-refractivity contribution in [3.8, 4) is 0 Å². The molecule has 2 aliphatic rings. The van der Waals surface area contributed by atoms with Crippen LogP contribution in [0.25, 0.3) is 5.57 Å². The van der Waals surface area contributed by atoms with E-state index in [4.69, 9.17) is 0 Å². The Morgan fingerprint density at radius 2 is 1.50 bits per heavy atom. The van der Waals surface area contributed by atoms with E-state index in [9.17, 15) is 9.59 Å². The number of carbonyl (C=O) groups is 2. The highest BCUT2D eigenvalue weighted by Gasteiger charge is 2.43. The molecule has 0 saturated carbocycles. The van der Waals surface area contributed by atoms with Gasteiger partial charge in [0.05, 0.1) is 11.3 Å². The number of carbonyl (C=O) groups excluding carboxylic acids is 2. The number of imide groups is 1. The van der Waals surface area contributed by atoms with Gasteiger partial charge in [-0.15, -0.1) is 0 Å². The minimum atomic E-state index is -0.249. The smallest absolute Gasteiger partial charge is 0.282 e. The number of aryl methyl sites for hydroxylation is 3. The molecule has 0 atom stereocenters. The van der Waals surface area contributed by atoms with Gasteiger partial charge in [0, 0.05) is 13.1 Å². The fourth-order valence-corrected chi connectivity index (χ4v) is 4.84. The molecule has 0 spiro atoms. The van der Waals surface area contributed by atoms with E-state index in [1.807, 2.05) is 63.2 Å². The minimum absolute atomic E-state index is 0.241. The average molecular weight is 423 g/mol. The summed E-state index contributed by atoms with van der Waals surface area (Å²) in [5.41, 5.74) is 8.13. The van der Waals surface area contributed by atoms with Crippen LogP contribution in [0, 0.1) is 20.8 Å². The normalized spacial score (nSPS) is 16.1. The summed E-state index contributed by atoms with van der Waals surface area (Å²) >= 11 is 0. The molecule has 0 radical (unpaired) electrons. The minimum Gasteiger partial charge on any atom is -0.362 e. The second-order valence-corrected chi connectivity index (χ2v) is 8.77. The number of hydrogen-bond donors (Lipinski definition) is 0. The highest BCUT2D eigenvalue weighted by Crippen LogP contribution is 2.38. The number of rotatable bonds is 3. The third kappa shape index (κ3) is 3.32. The second-order valence-electron chi connectivity index (χ2n) is 8.77. The number of hydrogen-bond acceptors (Lipinski definition) is 3. The highest BCUT2D eigenvalue weighted by molar-refractivity contribution is 6.45. The summed E-state index contributed by atoms with van der Waals surface area (Å²) in [6.45, 7) is 7.34. The molecule has 4 heteroatoms. The van der Waals surface area contributed by atoms with Gasteiger partial charge in [0.15, 0.2) is 0 Å². The summed E-state index contributed by atoms with van der Waals surface area (Å²) in [5, 5.41) is 0. The van der Waals surface area contributed by atoms with Crippen LogP contribution in [0.2, 0.25) is 0 Å². The molecule has 160 valence electrons. The Bertz CT molecular complexity index is 1290. The van der Waals surface area contributed by atoms with Crippen LogP contribution in [0.15, 0.2) is 72.4 Å². The first-order valence-electron chi connectivity index (χ1n) is 11.0. The van der Waals surface area contributed by atoms with Crippen molar-refractivity contribution in [3.63, 3.8) is 0 Å². The van der Waals surface area contributed by atoms with Gasteiger partial charge in [-0.25, -0.2) is 4.90 Å². The molecular formula is C28H26N2O2. The summed E-state index contributed by atoms with van der Waals surface area (Å²) in [6.07, 6.45) is 0.853. The van der Waals surface area contributed by atoms with E-state index >= 15 is 0 Å². The lowest BCUT2D eigenvalue weighted by molar-refractivity contribution is -0.120. The van der Waals surface area contributed by atoms with Gasteiger partial charge in [0.25, 0.3) is 11.8 Å². The molecule has 0 unspecified atom stereocenters. The molecule has 0 N–H and O–H groups in total. The summed E-state index contributed by atoms with van der Waals surface area (Å²) in [5.74, 6) is -0.489. The van der Waals surface area contributed by atoms with Gasteiger partial charge in [-0.3, -0.25) is 9.59 Å². The Hall–Kier alpha value is -3.66. The fourth-order valence-electron chi connectivity index (χ4n) is 4.84. The van der Waals surface area contributed by atoms with Crippen LogP contribution in [-0.2, 0) is 22.6 Å². The van der Waals surface area contributed by atoms with E-state index in [0.717, 1.165) is 28.7 Å². The van der Waals surface area contributed by atoms with Gasteiger partial charge in [-0.1, -0.05) is 60.2 Å². The van der Waals surface area contributed by atoms with E-state index in [0.29, 0.717) is 30.0 Å². The lowest BCUT2D eigenvalue weighted by Gasteiger charge is -2.31. The van der Waals surface area contributed by atoms with Gasteiger partial charge in [0.1, 0.15) is 5.70 Å². The summed E-state index contributed by atoms with van der Waals surface area (Å²) < 4.78 is 0. The van der Waals surface area contributed by atoms with Crippen molar-refractivity contribution in [2.75, 3.05) is 11.4 Å². The van der Waals surface area contributed by atoms with E-state index in [1.54, 1.807) is 0 Å². The lowest BCUT2D eigenvalue weighted by Crippen LogP contribution is -2.37. The molecule has 0 aromatic heterocycles. The third-order valence-corrected chi connectivity index (χ3v) is 6.42. The standard InChI is InChI=1S/C28H26N2O2/c1-18-7-6-10-23(16-18)30-27(31)25(24-12-11-19(2)15-20(24)3)26(28(30)32)29-14-13-21-8-4-5-9-22(21)17-29/h4-12,15-16H,13-14,17H2,1-3H3. The van der Waals surface area contributed by atoms with Gasteiger partial charge < -0.3 is 4.90 Å². The van der Waals surface area contributed by atoms with Crippen molar-refractivity contribution in [3.05, 3.63) is 106 Å². The van der Waals surface area contributed by atoms with Crippen molar-refractivity contribution in [2.45, 2.75) is 33.7 Å². The third-order valence-electron chi connectivity index (χ3n) is 6.42. The SMILES string of the molecule is Cc1cccc(N2C(=O)C(c3ccc(C)cc3C)=C(N3CCc4ccccc4C3)C2=O)c1. The Morgan fingerprint density at radius 1 is 0.750 bits per heavy atom. The molecule has 0 bridgehead atoms. The zero-order valence-electron chi connectivity index (χ0n) is 18.7. The molecule has 5 rings (SSSR count). The molecule has 3 aromatic carbocycles. The largest absolute Gasteiger partial charge is 0.362 e. The summed E-state index contributed by atoms with van der Waals surface area (Å²) in [7, 11) is 0. The van der Waals surface area contributed by atoms with Crippen LogP contribution in [0.4, 0.5) is 5.69 Å². The van der Waals surface area contributed by atoms with Gasteiger partial charge in [-0.05, 0) is 67.1 Å². The van der Waals surface area contributed by atoms with E-state index in [2.05, 4.69) is 29.2 Å². The Kier molecular flexibility index (Phi) is 4.93. The number of amides is 2. The first kappa shape index (κ1) is 20.3. The Balaban J connectivity index is 1.66. The van der Waals surface area contributed by atoms with Crippen LogP contribution >= 0.6 is 0 Å². The monoisotopic (exact) mass is 422 g/mol. The maximum atomic E-state index is 13.8. The maximum Gasteiger partial charge on any atom is 0.282 e. The molecule has 0 aliphatic carbocycles. The number of fused-ring (bicyclic) bond motifs is 1. The molecule has 0 saturated heterocycles. The zero-order valence-corrected chi connectivity index (χ0v) is 18.7. The van der Waals surface area contributed by atoms with Gasteiger partial charge >= 0.3 is 0 Å². The highest BCUT2D eigenvalue weighted by atomic mass is 16.2. The summed E-state index contributed by atoms with van der Waals surface area (Å²) in [6, 6.07) is 22.0. The van der Waals surface area contributed by atoms with Crippen LogP contribution in [0.3, 0.4) is 0 Å². The predicted octanol–water partition coefficient (Wildman–Crippen LogP) is 4.95. The number of benzene rings is 3. The topological polar surface area (TPSA) is 40.6 Å². The molecule has 4 nitrogen and oxygen atoms in total. The maximum absolute atomic E-state index is 13.8. The molecular weight excluding hydrogens is 396 g/mol. The molecule has 2 amide bonds. The molecule has 0 fully saturated rings. The molecule has 2 heterocycles. The van der Waals surface area contributed by atoms with Gasteiger partial charge in [-0.2, -0.15) is 0 Å². The number of nitrogens with zero attached hydrogens (tertiary/aromatic N) is 2. The Morgan fingerprint density at radius 3 is 2.25 bits per heavy atom. The van der Waals surface area contributed by atoms with E-state index in [-0.39, 0.29) is 11.8 Å². The predicted molar refractivity (Wildman–Crippen MR) is 127 cm³/mol. The average Bonchev–Trinajstić information content (AvgIpc) is 3.03. The quantitative estimate of drug-likeness (QED) is 0.561. The van der Waals surface area contributed by atoms with Crippen molar-refractivity contribution >= 4 is 23.1 Å². The molecule has 32 heavy (non-hydrogen) atoms. The lowest BCUT2D eigenvalue weighted by atomic mass is 9.95. The molecule has 2 aliphatic heterocycles. The second kappa shape index (κ2) is 7.79. The van der Waals surface area contributed by atoms with Crippen molar-refractivity contribution in [1.29, 1.82) is 0 Å². The van der Waals surface area contributed by atoms with Crippen LogP contribution in [0.5, 0.6) is 0 Å². The van der Waals surface area contributed by atoms with Crippen molar-refractivity contribution in [1.82, 2.24) is 4.90 Å².